The maximum Gasteiger partial charge on any atom is 0.238 e. The fraction of sp³-hybridized carbons (Fsp3) is 0.500. The van der Waals surface area contributed by atoms with Crippen molar-refractivity contribution in [2.75, 3.05) is 39.6 Å². The molecule has 1 rings (SSSR count). The molecular formula is C14H23N3O2. The minimum atomic E-state index is -0.0675. The molecule has 0 heterocycles. The van der Waals surface area contributed by atoms with Gasteiger partial charge in [-0.2, -0.15) is 0 Å². The van der Waals surface area contributed by atoms with Crippen molar-refractivity contribution in [2.24, 2.45) is 0 Å². The summed E-state index contributed by atoms with van der Waals surface area (Å²) >= 11 is 0. The maximum absolute atomic E-state index is 11.7. The molecule has 0 aliphatic rings. The van der Waals surface area contributed by atoms with Crippen molar-refractivity contribution in [1.29, 1.82) is 0 Å². The standard InChI is InChI=1S/C14H23N3O2/c1-5-15-9-14(18)16-12-8-11(10-17(2)3)6-7-13(12)19-4/h6-8,15H,5,9-10H2,1-4H3,(H,16,18). The van der Waals surface area contributed by atoms with Gasteiger partial charge in [-0.25, -0.2) is 0 Å². The second kappa shape index (κ2) is 7.76. The van der Waals surface area contributed by atoms with Crippen LogP contribution in [0.15, 0.2) is 18.2 Å². The molecule has 0 aromatic heterocycles. The zero-order valence-corrected chi connectivity index (χ0v) is 12.1. The van der Waals surface area contributed by atoms with E-state index >= 15 is 0 Å². The third kappa shape index (κ3) is 5.28. The first-order chi connectivity index (χ1) is 9.06. The fourth-order valence-electron chi connectivity index (χ4n) is 1.75. The Morgan fingerprint density at radius 2 is 2.11 bits per heavy atom. The summed E-state index contributed by atoms with van der Waals surface area (Å²) in [5, 5.41) is 5.86. The highest BCUT2D eigenvalue weighted by Crippen LogP contribution is 2.25. The number of benzene rings is 1. The van der Waals surface area contributed by atoms with E-state index < -0.39 is 0 Å². The summed E-state index contributed by atoms with van der Waals surface area (Å²) in [7, 11) is 5.61. The van der Waals surface area contributed by atoms with Crippen LogP contribution in [0.3, 0.4) is 0 Å². The molecular weight excluding hydrogens is 242 g/mol. The van der Waals surface area contributed by atoms with E-state index in [1.165, 1.54) is 0 Å². The van der Waals surface area contributed by atoms with Crippen molar-refractivity contribution in [3.05, 3.63) is 23.8 Å². The highest BCUT2D eigenvalue weighted by atomic mass is 16.5. The summed E-state index contributed by atoms with van der Waals surface area (Å²) in [4.78, 5) is 13.8. The van der Waals surface area contributed by atoms with Crippen molar-refractivity contribution >= 4 is 11.6 Å². The molecule has 5 nitrogen and oxygen atoms in total. The van der Waals surface area contributed by atoms with Gasteiger partial charge in [0.1, 0.15) is 5.75 Å². The molecule has 1 aromatic carbocycles. The zero-order chi connectivity index (χ0) is 14.3. The molecule has 0 aliphatic carbocycles. The second-order valence-electron chi connectivity index (χ2n) is 4.60. The first-order valence-electron chi connectivity index (χ1n) is 6.39. The van der Waals surface area contributed by atoms with E-state index in [-0.39, 0.29) is 5.91 Å². The second-order valence-corrected chi connectivity index (χ2v) is 4.60. The van der Waals surface area contributed by atoms with E-state index in [0.29, 0.717) is 18.0 Å². The number of hydrogen-bond donors (Lipinski definition) is 2. The number of amides is 1. The third-order valence-corrected chi connectivity index (χ3v) is 2.57. The van der Waals surface area contributed by atoms with Gasteiger partial charge in [-0.05, 0) is 38.3 Å². The lowest BCUT2D eigenvalue weighted by molar-refractivity contribution is -0.115. The predicted octanol–water partition coefficient (Wildman–Crippen LogP) is 1.30. The van der Waals surface area contributed by atoms with Gasteiger partial charge in [-0.3, -0.25) is 4.79 Å². The van der Waals surface area contributed by atoms with Gasteiger partial charge in [0.25, 0.3) is 0 Å². The van der Waals surface area contributed by atoms with Crippen molar-refractivity contribution in [3.63, 3.8) is 0 Å². The average molecular weight is 265 g/mol. The number of carbonyl (C=O) groups is 1. The number of nitrogens with one attached hydrogen (secondary N) is 2. The molecule has 0 saturated heterocycles. The van der Waals surface area contributed by atoms with Crippen LogP contribution in [0.1, 0.15) is 12.5 Å². The molecule has 0 bridgehead atoms. The smallest absolute Gasteiger partial charge is 0.238 e. The lowest BCUT2D eigenvalue weighted by atomic mass is 10.1. The highest BCUT2D eigenvalue weighted by molar-refractivity contribution is 5.93. The van der Waals surface area contributed by atoms with Gasteiger partial charge in [0.05, 0.1) is 19.3 Å². The minimum absolute atomic E-state index is 0.0675. The number of likely N-dealkylation sites (N-methyl/N-ethyl adjacent to an activating group) is 1. The number of ether oxygens (including phenoxy) is 1. The van der Waals surface area contributed by atoms with Crippen LogP contribution < -0.4 is 15.4 Å². The van der Waals surface area contributed by atoms with Crippen molar-refractivity contribution in [2.45, 2.75) is 13.5 Å². The highest BCUT2D eigenvalue weighted by Gasteiger charge is 2.08. The largest absolute Gasteiger partial charge is 0.495 e. The molecule has 19 heavy (non-hydrogen) atoms. The molecule has 5 heteroatoms. The summed E-state index contributed by atoms with van der Waals surface area (Å²) < 4.78 is 5.26. The molecule has 0 radical (unpaired) electrons. The zero-order valence-electron chi connectivity index (χ0n) is 12.1. The maximum atomic E-state index is 11.7. The number of carbonyl (C=O) groups excluding carboxylic acids is 1. The average Bonchev–Trinajstić information content (AvgIpc) is 2.36. The molecule has 0 saturated carbocycles. The number of methoxy groups -OCH3 is 1. The Morgan fingerprint density at radius 3 is 2.68 bits per heavy atom. The van der Waals surface area contributed by atoms with Gasteiger partial charge in [-0.15, -0.1) is 0 Å². The summed E-state index contributed by atoms with van der Waals surface area (Å²) in [5.74, 6) is 0.606. The Hall–Kier alpha value is -1.59. The van der Waals surface area contributed by atoms with Gasteiger partial charge in [0.15, 0.2) is 0 Å². The van der Waals surface area contributed by atoms with Crippen LogP contribution >= 0.6 is 0 Å². The van der Waals surface area contributed by atoms with Crippen LogP contribution in [0.5, 0.6) is 5.75 Å². The van der Waals surface area contributed by atoms with Gasteiger partial charge in [-0.1, -0.05) is 13.0 Å². The quantitative estimate of drug-likeness (QED) is 0.780. The Bertz CT molecular complexity index is 419. The molecule has 1 aromatic rings. The molecule has 0 fully saturated rings. The predicted molar refractivity (Wildman–Crippen MR) is 77.6 cm³/mol. The van der Waals surface area contributed by atoms with Gasteiger partial charge in [0.2, 0.25) is 5.91 Å². The normalized spacial score (nSPS) is 10.6. The van der Waals surface area contributed by atoms with E-state index in [1.807, 2.05) is 39.2 Å². The van der Waals surface area contributed by atoms with Crippen LogP contribution in [0, 0.1) is 0 Å². The van der Waals surface area contributed by atoms with Crippen LogP contribution in [-0.4, -0.2) is 45.1 Å². The monoisotopic (exact) mass is 265 g/mol. The summed E-state index contributed by atoms with van der Waals surface area (Å²) in [6.07, 6.45) is 0. The van der Waals surface area contributed by atoms with Crippen LogP contribution in [-0.2, 0) is 11.3 Å². The number of anilines is 1. The Morgan fingerprint density at radius 1 is 1.37 bits per heavy atom. The van der Waals surface area contributed by atoms with E-state index in [2.05, 4.69) is 15.5 Å². The Labute approximate surface area is 114 Å². The first-order valence-corrected chi connectivity index (χ1v) is 6.39. The topological polar surface area (TPSA) is 53.6 Å². The molecule has 0 spiro atoms. The van der Waals surface area contributed by atoms with Gasteiger partial charge >= 0.3 is 0 Å². The van der Waals surface area contributed by atoms with Crippen LogP contribution in [0.2, 0.25) is 0 Å². The van der Waals surface area contributed by atoms with E-state index in [4.69, 9.17) is 4.74 Å². The minimum Gasteiger partial charge on any atom is -0.495 e. The van der Waals surface area contributed by atoms with Gasteiger partial charge in [0, 0.05) is 6.54 Å². The first kappa shape index (κ1) is 15.5. The summed E-state index contributed by atoms with van der Waals surface area (Å²) in [6.45, 7) is 3.86. The van der Waals surface area contributed by atoms with Crippen molar-refractivity contribution < 1.29 is 9.53 Å². The Balaban J connectivity index is 2.80. The van der Waals surface area contributed by atoms with Crippen LogP contribution in [0.25, 0.3) is 0 Å². The van der Waals surface area contributed by atoms with E-state index in [0.717, 1.165) is 18.7 Å². The number of rotatable bonds is 7. The van der Waals surface area contributed by atoms with Crippen LogP contribution in [0.4, 0.5) is 5.69 Å². The lowest BCUT2D eigenvalue weighted by Crippen LogP contribution is -2.28. The molecule has 0 unspecified atom stereocenters. The third-order valence-electron chi connectivity index (χ3n) is 2.57. The fourth-order valence-corrected chi connectivity index (χ4v) is 1.75. The lowest BCUT2D eigenvalue weighted by Gasteiger charge is -2.14. The summed E-state index contributed by atoms with van der Waals surface area (Å²) in [6, 6.07) is 5.82. The van der Waals surface area contributed by atoms with E-state index in [9.17, 15) is 4.79 Å². The van der Waals surface area contributed by atoms with Gasteiger partial charge < -0.3 is 20.3 Å². The number of nitrogens with zero attached hydrogens (tertiary/aromatic N) is 1. The molecule has 2 N–H and O–H groups in total. The molecule has 106 valence electrons. The molecule has 0 atom stereocenters. The van der Waals surface area contributed by atoms with Crippen molar-refractivity contribution in [3.8, 4) is 5.75 Å². The van der Waals surface area contributed by atoms with E-state index in [1.54, 1.807) is 7.11 Å². The van der Waals surface area contributed by atoms with Crippen molar-refractivity contribution in [1.82, 2.24) is 10.2 Å². The molecule has 1 amide bonds. The summed E-state index contributed by atoms with van der Waals surface area (Å²) in [5.41, 5.74) is 1.84. The Kier molecular flexibility index (Phi) is 6.32. The SMILES string of the molecule is CCNCC(=O)Nc1cc(CN(C)C)ccc1OC. The number of hydrogen-bond acceptors (Lipinski definition) is 4. The molecule has 0 aliphatic heterocycles.